The van der Waals surface area contributed by atoms with Crippen LogP contribution in [-0.2, 0) is 15.0 Å². The molecule has 22 heavy (non-hydrogen) atoms. The number of benzene rings is 1. The molecule has 0 N–H and O–H groups in total. The standard InChI is InChI=1S/C11H8FN3O5S2/c12-22(19,20)7-4-10(16)14(5-7)11-13-8-3-6(15(17)18)1-2-9(8)21-11/h1-3,7H,4-5H2. The predicted octanol–water partition coefficient (Wildman–Crippen LogP) is 1.61. The average molecular weight is 345 g/mol. The van der Waals surface area contributed by atoms with E-state index in [2.05, 4.69) is 4.98 Å². The molecule has 1 aromatic carbocycles. The van der Waals surface area contributed by atoms with Crippen molar-refractivity contribution in [2.45, 2.75) is 11.7 Å². The van der Waals surface area contributed by atoms with E-state index in [0.717, 1.165) is 16.2 Å². The first-order chi connectivity index (χ1) is 10.3. The largest absolute Gasteiger partial charge is 0.307 e. The van der Waals surface area contributed by atoms with Gasteiger partial charge in [-0.3, -0.25) is 19.8 Å². The number of halogens is 1. The first kappa shape index (κ1) is 14.8. The third-order valence-corrected chi connectivity index (χ3v) is 5.46. The van der Waals surface area contributed by atoms with Crippen LogP contribution in [0.5, 0.6) is 0 Å². The lowest BCUT2D eigenvalue weighted by Gasteiger charge is -2.11. The van der Waals surface area contributed by atoms with Crippen LogP contribution in [-0.4, -0.2) is 36.0 Å². The summed E-state index contributed by atoms with van der Waals surface area (Å²) in [6.45, 7) is -0.306. The highest BCUT2D eigenvalue weighted by Gasteiger charge is 2.40. The van der Waals surface area contributed by atoms with E-state index in [4.69, 9.17) is 0 Å². The molecule has 1 fully saturated rings. The minimum absolute atomic E-state index is 0.138. The Labute approximate surface area is 127 Å². The minimum atomic E-state index is -4.80. The van der Waals surface area contributed by atoms with Gasteiger partial charge < -0.3 is 0 Å². The Morgan fingerprint density at radius 2 is 2.18 bits per heavy atom. The number of thiazole rings is 1. The number of amides is 1. The van der Waals surface area contributed by atoms with Crippen molar-refractivity contribution < 1.29 is 22.0 Å². The van der Waals surface area contributed by atoms with Gasteiger partial charge in [0, 0.05) is 25.1 Å². The molecule has 2 aromatic rings. The SMILES string of the molecule is O=C1CC(S(=O)(=O)F)CN1c1nc2cc([N+](=O)[O-])ccc2s1. The van der Waals surface area contributed by atoms with Gasteiger partial charge >= 0.3 is 10.2 Å². The van der Waals surface area contributed by atoms with Crippen molar-refractivity contribution in [2.24, 2.45) is 0 Å². The number of hydrogen-bond donors (Lipinski definition) is 0. The van der Waals surface area contributed by atoms with Crippen molar-refractivity contribution in [3.63, 3.8) is 0 Å². The van der Waals surface area contributed by atoms with Crippen LogP contribution in [0, 0.1) is 10.1 Å². The minimum Gasteiger partial charge on any atom is -0.287 e. The molecule has 116 valence electrons. The van der Waals surface area contributed by atoms with Crippen molar-refractivity contribution in [2.75, 3.05) is 11.4 Å². The lowest BCUT2D eigenvalue weighted by atomic mass is 10.3. The summed E-state index contributed by atoms with van der Waals surface area (Å²) >= 11 is 1.09. The number of non-ortho nitro benzene ring substituents is 1. The number of hydrogen-bond acceptors (Lipinski definition) is 7. The Morgan fingerprint density at radius 3 is 2.77 bits per heavy atom. The molecule has 1 unspecified atom stereocenters. The summed E-state index contributed by atoms with van der Waals surface area (Å²) in [7, 11) is -4.80. The fraction of sp³-hybridized carbons (Fsp3) is 0.273. The molecule has 1 aliphatic rings. The zero-order valence-corrected chi connectivity index (χ0v) is 12.4. The number of fused-ring (bicyclic) bond motifs is 1. The van der Waals surface area contributed by atoms with Crippen LogP contribution in [0.2, 0.25) is 0 Å². The number of carbonyl (C=O) groups excluding carboxylic acids is 1. The van der Waals surface area contributed by atoms with Crippen LogP contribution in [0.1, 0.15) is 6.42 Å². The van der Waals surface area contributed by atoms with Gasteiger partial charge in [-0.1, -0.05) is 11.3 Å². The first-order valence-electron chi connectivity index (χ1n) is 6.04. The van der Waals surface area contributed by atoms with Crippen molar-refractivity contribution >= 4 is 48.5 Å². The zero-order valence-electron chi connectivity index (χ0n) is 10.8. The Hall–Kier alpha value is -2.14. The maximum atomic E-state index is 13.0. The molecule has 3 rings (SSSR count). The Kier molecular flexibility index (Phi) is 3.33. The molecule has 1 aromatic heterocycles. The van der Waals surface area contributed by atoms with Gasteiger partial charge in [-0.05, 0) is 6.07 Å². The summed E-state index contributed by atoms with van der Waals surface area (Å²) in [4.78, 5) is 27.2. The van der Waals surface area contributed by atoms with Gasteiger partial charge in [0.2, 0.25) is 5.91 Å². The van der Waals surface area contributed by atoms with E-state index >= 15 is 0 Å². The van der Waals surface area contributed by atoms with Crippen molar-refractivity contribution in [3.8, 4) is 0 Å². The van der Waals surface area contributed by atoms with E-state index in [1.165, 1.54) is 18.2 Å². The Bertz CT molecular complexity index is 894. The van der Waals surface area contributed by atoms with Crippen LogP contribution in [0.15, 0.2) is 18.2 Å². The number of rotatable bonds is 3. The third kappa shape index (κ3) is 2.52. The number of nitro groups is 1. The smallest absolute Gasteiger partial charge is 0.287 e. The van der Waals surface area contributed by atoms with Gasteiger partial charge in [-0.25, -0.2) is 4.98 Å². The average Bonchev–Trinajstić information content (AvgIpc) is 2.99. The molecular formula is C11H8FN3O5S2. The number of aromatic nitrogens is 1. The molecule has 0 bridgehead atoms. The molecule has 0 radical (unpaired) electrons. The van der Waals surface area contributed by atoms with E-state index in [9.17, 15) is 27.2 Å². The Balaban J connectivity index is 1.97. The molecular weight excluding hydrogens is 337 g/mol. The summed E-state index contributed by atoms with van der Waals surface area (Å²) in [6.07, 6.45) is -0.436. The second-order valence-corrected chi connectivity index (χ2v) is 7.34. The van der Waals surface area contributed by atoms with Gasteiger partial charge in [-0.15, -0.1) is 3.89 Å². The normalized spacial score (nSPS) is 19.0. The van der Waals surface area contributed by atoms with E-state index in [0.29, 0.717) is 10.2 Å². The van der Waals surface area contributed by atoms with Crippen molar-refractivity contribution in [1.29, 1.82) is 0 Å². The molecule has 8 nitrogen and oxygen atoms in total. The fourth-order valence-electron chi connectivity index (χ4n) is 2.18. The van der Waals surface area contributed by atoms with Gasteiger partial charge in [0.1, 0.15) is 5.25 Å². The molecule has 0 aliphatic carbocycles. The summed E-state index contributed by atoms with van der Waals surface area (Å²) in [5.41, 5.74) is 0.190. The van der Waals surface area contributed by atoms with Gasteiger partial charge in [0.05, 0.1) is 15.1 Å². The van der Waals surface area contributed by atoms with Crippen LogP contribution in [0.4, 0.5) is 14.7 Å². The van der Waals surface area contributed by atoms with E-state index in [1.54, 1.807) is 0 Å². The summed E-state index contributed by atoms with van der Waals surface area (Å²) < 4.78 is 35.4. The summed E-state index contributed by atoms with van der Waals surface area (Å²) in [5, 5.41) is 9.52. The third-order valence-electron chi connectivity index (χ3n) is 3.29. The van der Waals surface area contributed by atoms with Crippen LogP contribution in [0.25, 0.3) is 10.2 Å². The van der Waals surface area contributed by atoms with E-state index in [1.807, 2.05) is 0 Å². The number of carbonyl (C=O) groups is 1. The van der Waals surface area contributed by atoms with Crippen molar-refractivity contribution in [1.82, 2.24) is 4.98 Å². The first-order valence-corrected chi connectivity index (χ1v) is 8.31. The molecule has 11 heteroatoms. The molecule has 0 spiro atoms. The molecule has 0 saturated carbocycles. The van der Waals surface area contributed by atoms with E-state index < -0.39 is 32.7 Å². The van der Waals surface area contributed by atoms with Gasteiger partial charge in [0.15, 0.2) is 5.13 Å². The van der Waals surface area contributed by atoms with Crippen LogP contribution < -0.4 is 4.90 Å². The number of anilines is 1. The zero-order chi connectivity index (χ0) is 16.1. The monoisotopic (exact) mass is 345 g/mol. The fourth-order valence-corrected chi connectivity index (χ4v) is 3.82. The highest BCUT2D eigenvalue weighted by Crippen LogP contribution is 2.34. The molecule has 2 heterocycles. The topological polar surface area (TPSA) is 110 Å². The van der Waals surface area contributed by atoms with Gasteiger partial charge in [-0.2, -0.15) is 8.42 Å². The number of nitro benzene ring substituents is 1. The van der Waals surface area contributed by atoms with E-state index in [-0.39, 0.29) is 17.4 Å². The quantitative estimate of drug-likeness (QED) is 0.475. The Morgan fingerprint density at radius 1 is 1.45 bits per heavy atom. The highest BCUT2D eigenvalue weighted by molar-refractivity contribution is 7.87. The predicted molar refractivity (Wildman–Crippen MR) is 77.1 cm³/mol. The van der Waals surface area contributed by atoms with Crippen molar-refractivity contribution in [3.05, 3.63) is 28.3 Å². The van der Waals surface area contributed by atoms with Crippen LogP contribution >= 0.6 is 11.3 Å². The summed E-state index contributed by atoms with van der Waals surface area (Å²) in [6, 6.07) is 4.07. The lowest BCUT2D eigenvalue weighted by Crippen LogP contribution is -2.26. The summed E-state index contributed by atoms with van der Waals surface area (Å²) in [5.74, 6) is -0.542. The highest BCUT2D eigenvalue weighted by atomic mass is 32.3. The molecule has 1 aliphatic heterocycles. The van der Waals surface area contributed by atoms with Crippen LogP contribution in [0.3, 0.4) is 0 Å². The van der Waals surface area contributed by atoms with Gasteiger partial charge in [0.25, 0.3) is 5.69 Å². The lowest BCUT2D eigenvalue weighted by molar-refractivity contribution is -0.384. The number of nitrogens with zero attached hydrogens (tertiary/aromatic N) is 3. The second-order valence-electron chi connectivity index (χ2n) is 4.71. The maximum absolute atomic E-state index is 13.0. The maximum Gasteiger partial charge on any atom is 0.307 e. The molecule has 1 amide bonds. The molecule has 1 saturated heterocycles. The second kappa shape index (κ2) is 4.95. The molecule has 1 atom stereocenters.